The van der Waals surface area contributed by atoms with E-state index in [1.165, 1.54) is 5.56 Å². The van der Waals surface area contributed by atoms with Crippen molar-refractivity contribution in [3.8, 4) is 0 Å². The molecule has 17 heavy (non-hydrogen) atoms. The van der Waals surface area contributed by atoms with Crippen LogP contribution in [0.1, 0.15) is 50.2 Å². The molecule has 0 bridgehead atoms. The van der Waals surface area contributed by atoms with Crippen LogP contribution in [0, 0.1) is 0 Å². The van der Waals surface area contributed by atoms with Crippen molar-refractivity contribution in [1.82, 2.24) is 0 Å². The minimum absolute atomic E-state index is 0.355. The van der Waals surface area contributed by atoms with E-state index in [0.29, 0.717) is 10.9 Å². The Morgan fingerprint density at radius 1 is 1.41 bits per heavy atom. The Morgan fingerprint density at radius 3 is 2.59 bits per heavy atom. The molecule has 1 saturated carbocycles. The van der Waals surface area contributed by atoms with Gasteiger partial charge in [-0.15, -0.1) is 0 Å². The highest BCUT2D eigenvalue weighted by Crippen LogP contribution is 2.47. The molecule has 0 unspecified atom stereocenters. The summed E-state index contributed by atoms with van der Waals surface area (Å²) in [5.41, 5.74) is 1.98. The average Bonchev–Trinajstić information content (AvgIpc) is 2.22. The second kappa shape index (κ2) is 4.64. The SMILES string of the molecule is CC(C)c1ccc(Cl)cc1C1(N=C=O)CCC1. The highest BCUT2D eigenvalue weighted by atomic mass is 35.5. The number of rotatable bonds is 3. The minimum atomic E-state index is -0.355. The van der Waals surface area contributed by atoms with Crippen molar-refractivity contribution in [2.24, 2.45) is 4.99 Å². The van der Waals surface area contributed by atoms with Gasteiger partial charge in [0.05, 0.1) is 5.54 Å². The molecule has 1 aromatic rings. The van der Waals surface area contributed by atoms with Crippen molar-refractivity contribution in [1.29, 1.82) is 0 Å². The Morgan fingerprint density at radius 2 is 2.12 bits per heavy atom. The summed E-state index contributed by atoms with van der Waals surface area (Å²) < 4.78 is 0. The van der Waals surface area contributed by atoms with Gasteiger partial charge in [0.1, 0.15) is 0 Å². The van der Waals surface area contributed by atoms with Crippen LogP contribution in [0.25, 0.3) is 0 Å². The number of carbonyl (C=O) groups excluding carboxylic acids is 1. The summed E-state index contributed by atoms with van der Waals surface area (Å²) in [7, 11) is 0. The van der Waals surface area contributed by atoms with Crippen LogP contribution in [0.4, 0.5) is 0 Å². The lowest BCUT2D eigenvalue weighted by atomic mass is 9.70. The van der Waals surface area contributed by atoms with Crippen molar-refractivity contribution in [3.05, 3.63) is 34.3 Å². The van der Waals surface area contributed by atoms with E-state index in [4.69, 9.17) is 11.6 Å². The fourth-order valence-corrected chi connectivity index (χ4v) is 2.65. The van der Waals surface area contributed by atoms with Crippen molar-refractivity contribution in [3.63, 3.8) is 0 Å². The Hall–Kier alpha value is -1.11. The van der Waals surface area contributed by atoms with Gasteiger partial charge < -0.3 is 0 Å². The minimum Gasteiger partial charge on any atom is -0.211 e. The van der Waals surface area contributed by atoms with Gasteiger partial charge in [0.15, 0.2) is 0 Å². The molecule has 3 heteroatoms. The highest BCUT2D eigenvalue weighted by Gasteiger charge is 2.40. The summed E-state index contributed by atoms with van der Waals surface area (Å²) in [6.45, 7) is 4.29. The van der Waals surface area contributed by atoms with Crippen molar-refractivity contribution >= 4 is 17.7 Å². The molecule has 0 aliphatic heterocycles. The van der Waals surface area contributed by atoms with E-state index in [9.17, 15) is 4.79 Å². The number of halogens is 1. The van der Waals surface area contributed by atoms with Gasteiger partial charge in [0.2, 0.25) is 6.08 Å². The highest BCUT2D eigenvalue weighted by molar-refractivity contribution is 6.30. The van der Waals surface area contributed by atoms with Crippen LogP contribution in [0.3, 0.4) is 0 Å². The second-order valence-electron chi connectivity index (χ2n) is 4.97. The smallest absolute Gasteiger partial charge is 0.211 e. The van der Waals surface area contributed by atoms with E-state index >= 15 is 0 Å². The molecule has 0 radical (unpaired) electrons. The fourth-order valence-electron chi connectivity index (χ4n) is 2.48. The average molecular weight is 250 g/mol. The zero-order chi connectivity index (χ0) is 12.5. The van der Waals surface area contributed by atoms with Gasteiger partial charge in [-0.05, 0) is 48.4 Å². The normalized spacial score (nSPS) is 17.4. The van der Waals surface area contributed by atoms with Crippen LogP contribution in [-0.2, 0) is 10.3 Å². The van der Waals surface area contributed by atoms with Gasteiger partial charge >= 0.3 is 0 Å². The largest absolute Gasteiger partial charge is 0.235 e. The molecule has 0 heterocycles. The van der Waals surface area contributed by atoms with Crippen LogP contribution < -0.4 is 0 Å². The van der Waals surface area contributed by atoms with Crippen LogP contribution >= 0.6 is 11.6 Å². The molecule has 0 amide bonds. The summed E-state index contributed by atoms with van der Waals surface area (Å²) in [5, 5.41) is 0.705. The van der Waals surface area contributed by atoms with E-state index in [1.807, 2.05) is 18.2 Å². The molecule has 2 rings (SSSR count). The Balaban J connectivity index is 2.56. The molecule has 1 aliphatic rings. The standard InChI is InChI=1S/C14H16ClNO/c1-10(2)12-5-4-11(15)8-13(12)14(16-9-17)6-3-7-14/h4-5,8,10H,3,6-7H2,1-2H3. The first-order valence-corrected chi connectivity index (χ1v) is 6.36. The first-order chi connectivity index (χ1) is 8.09. The van der Waals surface area contributed by atoms with Crippen LogP contribution in [0.5, 0.6) is 0 Å². The van der Waals surface area contributed by atoms with Crippen LogP contribution in [0.2, 0.25) is 5.02 Å². The number of isocyanates is 1. The summed E-state index contributed by atoms with van der Waals surface area (Å²) in [4.78, 5) is 14.7. The molecule has 0 N–H and O–H groups in total. The fraction of sp³-hybridized carbons (Fsp3) is 0.500. The lowest BCUT2D eigenvalue weighted by molar-refractivity contribution is 0.253. The summed E-state index contributed by atoms with van der Waals surface area (Å²) >= 11 is 6.07. The quantitative estimate of drug-likeness (QED) is 0.584. The monoisotopic (exact) mass is 249 g/mol. The molecule has 0 aromatic heterocycles. The van der Waals surface area contributed by atoms with Crippen molar-refractivity contribution in [2.45, 2.75) is 44.6 Å². The van der Waals surface area contributed by atoms with E-state index in [2.05, 4.69) is 18.8 Å². The van der Waals surface area contributed by atoms with Gasteiger partial charge in [0, 0.05) is 5.02 Å². The van der Waals surface area contributed by atoms with E-state index in [1.54, 1.807) is 6.08 Å². The maximum absolute atomic E-state index is 10.6. The Labute approximate surface area is 107 Å². The zero-order valence-corrected chi connectivity index (χ0v) is 10.9. The zero-order valence-electron chi connectivity index (χ0n) is 10.2. The molecule has 90 valence electrons. The first-order valence-electron chi connectivity index (χ1n) is 5.98. The maximum Gasteiger partial charge on any atom is 0.235 e. The number of benzene rings is 1. The Bertz CT molecular complexity index is 471. The third-order valence-corrected chi connectivity index (χ3v) is 3.81. The topological polar surface area (TPSA) is 29.4 Å². The van der Waals surface area contributed by atoms with Gasteiger partial charge in [-0.1, -0.05) is 31.5 Å². The number of hydrogen-bond acceptors (Lipinski definition) is 2. The molecule has 1 aliphatic carbocycles. The predicted molar refractivity (Wildman–Crippen MR) is 69.2 cm³/mol. The Kier molecular flexibility index (Phi) is 3.37. The van der Waals surface area contributed by atoms with Crippen molar-refractivity contribution < 1.29 is 4.79 Å². The van der Waals surface area contributed by atoms with Gasteiger partial charge in [-0.2, -0.15) is 4.99 Å². The lowest BCUT2D eigenvalue weighted by Crippen LogP contribution is -2.33. The molecule has 1 fully saturated rings. The molecule has 0 spiro atoms. The van der Waals surface area contributed by atoms with Crippen LogP contribution in [0.15, 0.2) is 23.2 Å². The summed E-state index contributed by atoms with van der Waals surface area (Å²) in [6, 6.07) is 5.90. The third-order valence-electron chi connectivity index (χ3n) is 3.58. The summed E-state index contributed by atoms with van der Waals surface area (Å²) in [6.07, 6.45) is 4.67. The maximum atomic E-state index is 10.6. The second-order valence-corrected chi connectivity index (χ2v) is 5.41. The predicted octanol–water partition coefficient (Wildman–Crippen LogP) is 4.18. The molecular weight excluding hydrogens is 234 g/mol. The molecule has 0 saturated heterocycles. The van der Waals surface area contributed by atoms with E-state index in [0.717, 1.165) is 24.8 Å². The van der Waals surface area contributed by atoms with Gasteiger partial charge in [-0.3, -0.25) is 0 Å². The van der Waals surface area contributed by atoms with Crippen LogP contribution in [-0.4, -0.2) is 6.08 Å². The van der Waals surface area contributed by atoms with Crippen molar-refractivity contribution in [2.75, 3.05) is 0 Å². The molecule has 2 nitrogen and oxygen atoms in total. The van der Waals surface area contributed by atoms with Gasteiger partial charge in [-0.25, -0.2) is 4.79 Å². The number of hydrogen-bond donors (Lipinski definition) is 0. The van der Waals surface area contributed by atoms with Gasteiger partial charge in [0.25, 0.3) is 0 Å². The molecule has 1 aromatic carbocycles. The first kappa shape index (κ1) is 12.3. The van der Waals surface area contributed by atoms with E-state index < -0.39 is 0 Å². The van der Waals surface area contributed by atoms with E-state index in [-0.39, 0.29) is 5.54 Å². The molecular formula is C14H16ClNO. The number of nitrogens with zero attached hydrogens (tertiary/aromatic N) is 1. The lowest BCUT2D eigenvalue weighted by Gasteiger charge is -2.39. The third kappa shape index (κ3) is 2.15. The molecule has 0 atom stereocenters. The summed E-state index contributed by atoms with van der Waals surface area (Å²) in [5.74, 6) is 0.404. The number of aliphatic imine (C=N–C) groups is 1.